The highest BCUT2D eigenvalue weighted by Crippen LogP contribution is 2.14. The normalized spacial score (nSPS) is 10.4. The van der Waals surface area contributed by atoms with E-state index in [-0.39, 0.29) is 5.91 Å². The van der Waals surface area contributed by atoms with E-state index in [1.807, 2.05) is 36.4 Å². The zero-order chi connectivity index (χ0) is 15.1. The van der Waals surface area contributed by atoms with Crippen LogP contribution in [-0.2, 0) is 11.3 Å². The van der Waals surface area contributed by atoms with Gasteiger partial charge < -0.3 is 9.64 Å². The van der Waals surface area contributed by atoms with Crippen molar-refractivity contribution in [2.75, 3.05) is 20.3 Å². The molecule has 0 unspecified atom stereocenters. The second kappa shape index (κ2) is 7.90. The summed E-state index contributed by atoms with van der Waals surface area (Å²) in [6, 6.07) is 11.2. The van der Waals surface area contributed by atoms with Gasteiger partial charge >= 0.3 is 0 Å². The summed E-state index contributed by atoms with van der Waals surface area (Å²) in [6.07, 6.45) is 3.49. The van der Waals surface area contributed by atoms with Gasteiger partial charge in [0.25, 0.3) is 5.91 Å². The number of ether oxygens (including phenoxy) is 1. The summed E-state index contributed by atoms with van der Waals surface area (Å²) < 4.78 is 6.05. The minimum Gasteiger partial charge on any atom is -0.383 e. The molecule has 0 saturated heterocycles. The summed E-state index contributed by atoms with van der Waals surface area (Å²) >= 11 is 3.37. The van der Waals surface area contributed by atoms with Gasteiger partial charge in [-0.05, 0) is 35.9 Å². The van der Waals surface area contributed by atoms with Gasteiger partial charge in [0.2, 0.25) is 0 Å². The standard InChI is InChI=1S/C16H17BrN2O2/c1-21-10-9-19(12-13-3-2-8-18-11-13)16(20)14-4-6-15(17)7-5-14/h2-8,11H,9-10,12H2,1H3. The highest BCUT2D eigenvalue weighted by atomic mass is 79.9. The average Bonchev–Trinajstić information content (AvgIpc) is 2.52. The molecule has 110 valence electrons. The lowest BCUT2D eigenvalue weighted by molar-refractivity contribution is 0.0680. The van der Waals surface area contributed by atoms with E-state index in [1.165, 1.54) is 0 Å². The Morgan fingerprint density at radius 3 is 2.67 bits per heavy atom. The van der Waals surface area contributed by atoms with Crippen molar-refractivity contribution in [2.45, 2.75) is 6.54 Å². The Kier molecular flexibility index (Phi) is 5.90. The molecule has 0 atom stereocenters. The van der Waals surface area contributed by atoms with Crippen LogP contribution in [0.2, 0.25) is 0 Å². The lowest BCUT2D eigenvalue weighted by Gasteiger charge is -2.22. The molecule has 4 nitrogen and oxygen atoms in total. The first-order valence-corrected chi connectivity index (χ1v) is 7.42. The highest BCUT2D eigenvalue weighted by Gasteiger charge is 2.16. The number of carbonyl (C=O) groups is 1. The summed E-state index contributed by atoms with van der Waals surface area (Å²) in [5.74, 6) is -0.0107. The topological polar surface area (TPSA) is 42.4 Å². The van der Waals surface area contributed by atoms with Crippen LogP contribution in [0.1, 0.15) is 15.9 Å². The molecule has 0 saturated carbocycles. The number of methoxy groups -OCH3 is 1. The molecular formula is C16H17BrN2O2. The van der Waals surface area contributed by atoms with E-state index in [0.717, 1.165) is 10.0 Å². The van der Waals surface area contributed by atoms with Crippen LogP contribution in [0, 0.1) is 0 Å². The van der Waals surface area contributed by atoms with Crippen molar-refractivity contribution in [1.29, 1.82) is 0 Å². The maximum absolute atomic E-state index is 12.6. The first kappa shape index (κ1) is 15.7. The van der Waals surface area contributed by atoms with Crippen molar-refractivity contribution in [1.82, 2.24) is 9.88 Å². The summed E-state index contributed by atoms with van der Waals surface area (Å²) in [5, 5.41) is 0. The molecule has 2 aromatic rings. The largest absolute Gasteiger partial charge is 0.383 e. The summed E-state index contributed by atoms with van der Waals surface area (Å²) in [7, 11) is 1.63. The predicted molar refractivity (Wildman–Crippen MR) is 85.0 cm³/mol. The van der Waals surface area contributed by atoms with Crippen molar-refractivity contribution in [2.24, 2.45) is 0 Å². The third kappa shape index (κ3) is 4.65. The summed E-state index contributed by atoms with van der Waals surface area (Å²) in [4.78, 5) is 18.5. The van der Waals surface area contributed by atoms with Crippen LogP contribution in [0.5, 0.6) is 0 Å². The molecule has 2 rings (SSSR count). The minimum atomic E-state index is -0.0107. The van der Waals surface area contributed by atoms with Crippen molar-refractivity contribution in [3.05, 3.63) is 64.4 Å². The summed E-state index contributed by atoms with van der Waals surface area (Å²) in [5.41, 5.74) is 1.66. The lowest BCUT2D eigenvalue weighted by atomic mass is 10.2. The van der Waals surface area contributed by atoms with E-state index in [1.54, 1.807) is 24.4 Å². The van der Waals surface area contributed by atoms with Crippen LogP contribution in [0.25, 0.3) is 0 Å². The molecule has 1 amide bonds. The van der Waals surface area contributed by atoms with E-state index in [9.17, 15) is 4.79 Å². The Balaban J connectivity index is 2.14. The van der Waals surface area contributed by atoms with Crippen molar-refractivity contribution in [3.8, 4) is 0 Å². The van der Waals surface area contributed by atoms with Crippen LogP contribution in [0.15, 0.2) is 53.3 Å². The molecule has 21 heavy (non-hydrogen) atoms. The Morgan fingerprint density at radius 2 is 2.05 bits per heavy atom. The van der Waals surface area contributed by atoms with E-state index >= 15 is 0 Å². The van der Waals surface area contributed by atoms with Crippen molar-refractivity contribution >= 4 is 21.8 Å². The minimum absolute atomic E-state index is 0.0107. The molecule has 0 spiro atoms. The van der Waals surface area contributed by atoms with Gasteiger partial charge in [-0.3, -0.25) is 9.78 Å². The molecule has 0 aliphatic carbocycles. The second-order valence-electron chi connectivity index (χ2n) is 4.59. The van der Waals surface area contributed by atoms with Crippen LogP contribution in [0.3, 0.4) is 0 Å². The van der Waals surface area contributed by atoms with Gasteiger partial charge in [0.1, 0.15) is 0 Å². The summed E-state index contributed by atoms with van der Waals surface area (Å²) in [6.45, 7) is 1.56. The maximum atomic E-state index is 12.6. The van der Waals surface area contributed by atoms with Crippen molar-refractivity contribution in [3.63, 3.8) is 0 Å². The predicted octanol–water partition coefficient (Wildman–Crippen LogP) is 3.13. The monoisotopic (exact) mass is 348 g/mol. The number of amides is 1. The fraction of sp³-hybridized carbons (Fsp3) is 0.250. The molecule has 0 fully saturated rings. The molecule has 0 N–H and O–H groups in total. The Morgan fingerprint density at radius 1 is 1.29 bits per heavy atom. The third-order valence-corrected chi connectivity index (χ3v) is 3.57. The average molecular weight is 349 g/mol. The fourth-order valence-electron chi connectivity index (χ4n) is 1.94. The third-order valence-electron chi connectivity index (χ3n) is 3.04. The number of pyridine rings is 1. The number of aromatic nitrogens is 1. The maximum Gasteiger partial charge on any atom is 0.254 e. The fourth-order valence-corrected chi connectivity index (χ4v) is 2.21. The van der Waals surface area contributed by atoms with Crippen LogP contribution < -0.4 is 0 Å². The number of hydrogen-bond donors (Lipinski definition) is 0. The Hall–Kier alpha value is -1.72. The lowest BCUT2D eigenvalue weighted by Crippen LogP contribution is -2.33. The molecule has 0 radical (unpaired) electrons. The molecule has 1 aromatic carbocycles. The number of carbonyl (C=O) groups excluding carboxylic acids is 1. The Bertz CT molecular complexity index is 573. The zero-order valence-corrected chi connectivity index (χ0v) is 13.4. The van der Waals surface area contributed by atoms with Gasteiger partial charge in [-0.25, -0.2) is 0 Å². The molecule has 0 bridgehead atoms. The first-order valence-electron chi connectivity index (χ1n) is 6.63. The van der Waals surface area contributed by atoms with E-state index in [4.69, 9.17) is 4.74 Å². The van der Waals surface area contributed by atoms with E-state index < -0.39 is 0 Å². The van der Waals surface area contributed by atoms with Crippen LogP contribution in [0.4, 0.5) is 0 Å². The van der Waals surface area contributed by atoms with Gasteiger partial charge in [0.15, 0.2) is 0 Å². The Labute approximate surface area is 132 Å². The van der Waals surface area contributed by atoms with E-state index in [0.29, 0.717) is 25.3 Å². The van der Waals surface area contributed by atoms with Gasteiger partial charge in [-0.15, -0.1) is 0 Å². The molecule has 0 aliphatic heterocycles. The van der Waals surface area contributed by atoms with Crippen LogP contribution in [-0.4, -0.2) is 36.1 Å². The molecule has 0 aliphatic rings. The quantitative estimate of drug-likeness (QED) is 0.805. The number of halogens is 1. The number of hydrogen-bond acceptors (Lipinski definition) is 3. The molecule has 1 aromatic heterocycles. The van der Waals surface area contributed by atoms with E-state index in [2.05, 4.69) is 20.9 Å². The molecular weight excluding hydrogens is 332 g/mol. The van der Waals surface area contributed by atoms with Gasteiger partial charge in [-0.2, -0.15) is 0 Å². The number of benzene rings is 1. The van der Waals surface area contributed by atoms with Crippen LogP contribution >= 0.6 is 15.9 Å². The van der Waals surface area contributed by atoms with Gasteiger partial charge in [0, 0.05) is 42.6 Å². The number of rotatable bonds is 6. The number of nitrogens with zero attached hydrogens (tertiary/aromatic N) is 2. The second-order valence-corrected chi connectivity index (χ2v) is 5.50. The smallest absolute Gasteiger partial charge is 0.254 e. The highest BCUT2D eigenvalue weighted by molar-refractivity contribution is 9.10. The molecule has 5 heteroatoms. The zero-order valence-electron chi connectivity index (χ0n) is 11.8. The SMILES string of the molecule is COCCN(Cc1cccnc1)C(=O)c1ccc(Br)cc1. The first-order chi connectivity index (χ1) is 10.2. The van der Waals surface area contributed by atoms with Gasteiger partial charge in [0.05, 0.1) is 6.61 Å². The van der Waals surface area contributed by atoms with Gasteiger partial charge in [-0.1, -0.05) is 22.0 Å². The van der Waals surface area contributed by atoms with Crippen molar-refractivity contribution < 1.29 is 9.53 Å². The molecule has 1 heterocycles.